The molecule has 0 spiro atoms. The third kappa shape index (κ3) is 3.23. The number of aliphatic hydroxyl groups is 2. The average molecular weight is 364 g/mol. The molecule has 140 valence electrons. The minimum absolute atomic E-state index is 0.122. The van der Waals surface area contributed by atoms with Crippen LogP contribution >= 0.6 is 0 Å². The molecule has 4 atom stereocenters. The van der Waals surface area contributed by atoms with Gasteiger partial charge in [-0.05, 0) is 31.9 Å². The molecule has 0 radical (unpaired) electrons. The van der Waals surface area contributed by atoms with Crippen LogP contribution in [0.15, 0.2) is 29.2 Å². The Morgan fingerprint density at radius 3 is 2.50 bits per heavy atom. The predicted molar refractivity (Wildman–Crippen MR) is 91.1 cm³/mol. The van der Waals surface area contributed by atoms with Crippen molar-refractivity contribution >= 4 is 0 Å². The van der Waals surface area contributed by atoms with Crippen LogP contribution in [0.3, 0.4) is 0 Å². The number of para-hydroxylation sites is 1. The van der Waals surface area contributed by atoms with Gasteiger partial charge in [0, 0.05) is 11.8 Å². The molecule has 1 fully saturated rings. The van der Waals surface area contributed by atoms with E-state index in [0.717, 1.165) is 15.7 Å². The number of aliphatic hydroxyl groups excluding tert-OH is 2. The largest absolute Gasteiger partial charge is 0.438 e. The van der Waals surface area contributed by atoms with E-state index in [2.05, 4.69) is 4.98 Å². The maximum absolute atomic E-state index is 14.3. The lowest BCUT2D eigenvalue weighted by atomic mass is 10.1. The van der Waals surface area contributed by atoms with Gasteiger partial charge in [0.1, 0.15) is 18.0 Å². The SMILES string of the molecule is Cc1cn([C@H]2O[C@@H](CO)[C@@H](O)C2F)c(=O)nc1Oc1c(C)cccc1C. The van der Waals surface area contributed by atoms with Crippen LogP contribution in [-0.2, 0) is 4.74 Å². The molecular formula is C18H21FN2O5. The smallest absolute Gasteiger partial charge is 0.353 e. The highest BCUT2D eigenvalue weighted by Crippen LogP contribution is 2.32. The number of rotatable bonds is 4. The van der Waals surface area contributed by atoms with E-state index in [1.807, 2.05) is 32.0 Å². The maximum Gasteiger partial charge on any atom is 0.353 e. The van der Waals surface area contributed by atoms with E-state index in [-0.39, 0.29) is 5.88 Å². The van der Waals surface area contributed by atoms with E-state index in [0.29, 0.717) is 11.3 Å². The zero-order valence-corrected chi connectivity index (χ0v) is 14.7. The summed E-state index contributed by atoms with van der Waals surface area (Å²) in [5.41, 5.74) is 1.53. The molecule has 0 bridgehead atoms. The van der Waals surface area contributed by atoms with Gasteiger partial charge in [-0.15, -0.1) is 0 Å². The highest BCUT2D eigenvalue weighted by molar-refractivity contribution is 5.42. The van der Waals surface area contributed by atoms with Crippen LogP contribution in [0.2, 0.25) is 0 Å². The molecule has 3 rings (SSSR count). The molecule has 8 heteroatoms. The highest BCUT2D eigenvalue weighted by Gasteiger charge is 2.45. The minimum Gasteiger partial charge on any atom is -0.438 e. The third-order valence-electron chi connectivity index (χ3n) is 4.44. The van der Waals surface area contributed by atoms with Crippen LogP contribution in [0, 0.1) is 20.8 Å². The molecule has 1 unspecified atom stereocenters. The summed E-state index contributed by atoms with van der Waals surface area (Å²) in [7, 11) is 0. The zero-order chi connectivity index (χ0) is 19.0. The Morgan fingerprint density at radius 2 is 1.92 bits per heavy atom. The van der Waals surface area contributed by atoms with Gasteiger partial charge in [-0.2, -0.15) is 4.98 Å². The van der Waals surface area contributed by atoms with E-state index >= 15 is 0 Å². The molecule has 0 aliphatic carbocycles. The molecule has 2 heterocycles. The first-order valence-electron chi connectivity index (χ1n) is 8.25. The molecule has 2 aromatic rings. The van der Waals surface area contributed by atoms with Crippen LogP contribution in [0.4, 0.5) is 4.39 Å². The number of halogens is 1. The van der Waals surface area contributed by atoms with Gasteiger partial charge < -0.3 is 19.7 Å². The Bertz CT molecular complexity index is 849. The number of nitrogens with zero attached hydrogens (tertiary/aromatic N) is 2. The van der Waals surface area contributed by atoms with Gasteiger partial charge in [0.25, 0.3) is 0 Å². The van der Waals surface area contributed by atoms with E-state index < -0.39 is 36.9 Å². The van der Waals surface area contributed by atoms with Crippen molar-refractivity contribution in [1.82, 2.24) is 9.55 Å². The van der Waals surface area contributed by atoms with Gasteiger partial charge in [-0.25, -0.2) is 9.18 Å². The summed E-state index contributed by atoms with van der Waals surface area (Å²) in [4.78, 5) is 16.3. The molecule has 1 aliphatic rings. The second-order valence-electron chi connectivity index (χ2n) is 6.42. The molecule has 1 saturated heterocycles. The Balaban J connectivity index is 1.94. The molecule has 1 aromatic carbocycles. The third-order valence-corrected chi connectivity index (χ3v) is 4.44. The van der Waals surface area contributed by atoms with Crippen molar-refractivity contribution in [2.75, 3.05) is 6.61 Å². The van der Waals surface area contributed by atoms with Crippen molar-refractivity contribution in [1.29, 1.82) is 0 Å². The minimum atomic E-state index is -1.85. The van der Waals surface area contributed by atoms with Crippen LogP contribution in [-0.4, -0.2) is 44.8 Å². The summed E-state index contributed by atoms with van der Waals surface area (Å²) in [6.45, 7) is 4.89. The monoisotopic (exact) mass is 364 g/mol. The van der Waals surface area contributed by atoms with Gasteiger partial charge in [-0.1, -0.05) is 18.2 Å². The fraction of sp³-hybridized carbons (Fsp3) is 0.444. The number of benzene rings is 1. The summed E-state index contributed by atoms with van der Waals surface area (Å²) < 4.78 is 26.3. The van der Waals surface area contributed by atoms with Gasteiger partial charge in [0.15, 0.2) is 12.4 Å². The fourth-order valence-corrected chi connectivity index (χ4v) is 2.97. The number of hydrogen-bond donors (Lipinski definition) is 2. The number of aryl methyl sites for hydroxylation is 3. The van der Waals surface area contributed by atoms with Gasteiger partial charge in [0.2, 0.25) is 5.88 Å². The number of ether oxygens (including phenoxy) is 2. The second kappa shape index (κ2) is 7.14. The van der Waals surface area contributed by atoms with Crippen molar-refractivity contribution in [3.63, 3.8) is 0 Å². The van der Waals surface area contributed by atoms with E-state index in [1.54, 1.807) is 6.92 Å². The van der Waals surface area contributed by atoms with E-state index in [9.17, 15) is 14.3 Å². The quantitative estimate of drug-likeness (QED) is 0.855. The lowest BCUT2D eigenvalue weighted by Gasteiger charge is -2.18. The van der Waals surface area contributed by atoms with Gasteiger partial charge in [0.05, 0.1) is 6.61 Å². The Morgan fingerprint density at radius 1 is 1.27 bits per heavy atom. The van der Waals surface area contributed by atoms with Crippen molar-refractivity contribution in [3.8, 4) is 11.6 Å². The maximum atomic E-state index is 14.3. The summed E-state index contributed by atoms with van der Waals surface area (Å²) in [6, 6.07) is 5.67. The Kier molecular flexibility index (Phi) is 5.08. The second-order valence-corrected chi connectivity index (χ2v) is 6.42. The molecule has 0 amide bonds. The fourth-order valence-electron chi connectivity index (χ4n) is 2.97. The topological polar surface area (TPSA) is 93.8 Å². The van der Waals surface area contributed by atoms with E-state index in [4.69, 9.17) is 14.6 Å². The summed E-state index contributed by atoms with van der Waals surface area (Å²) in [5.74, 6) is 0.729. The first-order valence-corrected chi connectivity index (χ1v) is 8.25. The first kappa shape index (κ1) is 18.5. The molecule has 7 nitrogen and oxygen atoms in total. The van der Waals surface area contributed by atoms with Crippen molar-refractivity contribution in [2.45, 2.75) is 45.4 Å². The molecule has 0 saturated carbocycles. The molecular weight excluding hydrogens is 343 g/mol. The number of hydrogen-bond acceptors (Lipinski definition) is 6. The van der Waals surface area contributed by atoms with Crippen LogP contribution in [0.5, 0.6) is 11.6 Å². The van der Waals surface area contributed by atoms with Crippen LogP contribution in [0.1, 0.15) is 22.9 Å². The summed E-state index contributed by atoms with van der Waals surface area (Å²) >= 11 is 0. The molecule has 1 aromatic heterocycles. The van der Waals surface area contributed by atoms with Crippen molar-refractivity contribution in [2.24, 2.45) is 0 Å². The number of aromatic nitrogens is 2. The Hall–Kier alpha value is -2.29. The zero-order valence-electron chi connectivity index (χ0n) is 14.7. The lowest BCUT2D eigenvalue weighted by Crippen LogP contribution is -2.33. The van der Waals surface area contributed by atoms with Gasteiger partial charge in [-0.3, -0.25) is 4.57 Å². The highest BCUT2D eigenvalue weighted by atomic mass is 19.1. The molecule has 1 aliphatic heterocycles. The molecule has 2 N–H and O–H groups in total. The lowest BCUT2D eigenvalue weighted by molar-refractivity contribution is -0.0492. The van der Waals surface area contributed by atoms with Crippen LogP contribution in [0.25, 0.3) is 0 Å². The van der Waals surface area contributed by atoms with Crippen molar-refractivity contribution < 1.29 is 24.1 Å². The summed E-state index contributed by atoms with van der Waals surface area (Å²) in [6.07, 6.45) is -4.43. The van der Waals surface area contributed by atoms with Crippen molar-refractivity contribution in [3.05, 3.63) is 51.6 Å². The average Bonchev–Trinajstić information content (AvgIpc) is 2.89. The van der Waals surface area contributed by atoms with Crippen LogP contribution < -0.4 is 10.4 Å². The molecule has 26 heavy (non-hydrogen) atoms. The Labute approximate surface area is 149 Å². The first-order chi connectivity index (χ1) is 12.3. The predicted octanol–water partition coefficient (Wildman–Crippen LogP) is 1.55. The van der Waals surface area contributed by atoms with Gasteiger partial charge >= 0.3 is 5.69 Å². The summed E-state index contributed by atoms with van der Waals surface area (Å²) in [5, 5.41) is 18.9. The van der Waals surface area contributed by atoms with E-state index in [1.165, 1.54) is 6.20 Å². The number of alkyl halides is 1. The normalized spacial score (nSPS) is 25.5. The standard InChI is InChI=1S/C18H21FN2O5/c1-9-5-4-6-10(2)15(9)26-16-11(3)7-21(18(24)20-16)17-13(19)14(23)12(8-22)25-17/h4-7,12-14,17,22-23H,8H2,1-3H3/t12-,13?,14+,17-/m0/s1.